The summed E-state index contributed by atoms with van der Waals surface area (Å²) in [5, 5.41) is 2.93. The van der Waals surface area contributed by atoms with Crippen molar-refractivity contribution in [2.45, 2.75) is 6.92 Å². The van der Waals surface area contributed by atoms with Gasteiger partial charge in [0.25, 0.3) is 11.5 Å². The molecule has 0 saturated heterocycles. The number of nitrogens with one attached hydrogen (secondary N) is 2. The zero-order valence-electron chi connectivity index (χ0n) is 11.0. The molecule has 104 valence electrons. The van der Waals surface area contributed by atoms with E-state index in [9.17, 15) is 9.59 Å². The minimum absolute atomic E-state index is 0.0546. The molecule has 0 spiro atoms. The second-order valence-corrected chi connectivity index (χ2v) is 4.65. The fraction of sp³-hybridized carbons (Fsp3) is 0.143. The molecule has 1 amide bonds. The van der Waals surface area contributed by atoms with Crippen molar-refractivity contribution in [2.24, 2.45) is 0 Å². The number of aromatic nitrogens is 1. The molecule has 0 bridgehead atoms. The molecule has 0 aliphatic carbocycles. The Morgan fingerprint density at radius 2 is 2.10 bits per heavy atom. The van der Waals surface area contributed by atoms with E-state index >= 15 is 0 Å². The SMILES string of the molecule is COc1ccc(C)cc1NC(=O)c1cc(Cl)c[nH]c1=O. The lowest BCUT2D eigenvalue weighted by Gasteiger charge is -2.10. The third kappa shape index (κ3) is 3.00. The molecular formula is C14H13ClN2O3. The van der Waals surface area contributed by atoms with E-state index in [-0.39, 0.29) is 10.6 Å². The summed E-state index contributed by atoms with van der Waals surface area (Å²) in [5.74, 6) is -0.0277. The largest absolute Gasteiger partial charge is 0.495 e. The van der Waals surface area contributed by atoms with E-state index in [4.69, 9.17) is 16.3 Å². The molecule has 2 aromatic rings. The second kappa shape index (κ2) is 5.79. The van der Waals surface area contributed by atoms with Gasteiger partial charge in [0.15, 0.2) is 0 Å². The van der Waals surface area contributed by atoms with Crippen LogP contribution in [0, 0.1) is 6.92 Å². The van der Waals surface area contributed by atoms with Crippen molar-refractivity contribution in [1.82, 2.24) is 4.98 Å². The van der Waals surface area contributed by atoms with Gasteiger partial charge in [-0.2, -0.15) is 0 Å². The Labute approximate surface area is 120 Å². The van der Waals surface area contributed by atoms with Crippen LogP contribution in [0.15, 0.2) is 35.3 Å². The fourth-order valence-corrected chi connectivity index (χ4v) is 1.90. The maximum atomic E-state index is 12.1. The van der Waals surface area contributed by atoms with Crippen LogP contribution in [0.1, 0.15) is 15.9 Å². The molecule has 5 nitrogen and oxygen atoms in total. The lowest BCUT2D eigenvalue weighted by molar-refractivity contribution is 0.102. The zero-order valence-corrected chi connectivity index (χ0v) is 11.7. The van der Waals surface area contributed by atoms with Gasteiger partial charge in [-0.3, -0.25) is 9.59 Å². The van der Waals surface area contributed by atoms with Crippen LogP contribution < -0.4 is 15.6 Å². The predicted molar refractivity (Wildman–Crippen MR) is 77.8 cm³/mol. The number of benzene rings is 1. The molecule has 6 heteroatoms. The molecular weight excluding hydrogens is 280 g/mol. The van der Waals surface area contributed by atoms with Crippen LogP contribution >= 0.6 is 11.6 Å². The summed E-state index contributed by atoms with van der Waals surface area (Å²) in [4.78, 5) is 26.1. The summed E-state index contributed by atoms with van der Waals surface area (Å²) in [5.41, 5.74) is 0.901. The van der Waals surface area contributed by atoms with Gasteiger partial charge in [0.2, 0.25) is 0 Å². The molecule has 1 heterocycles. The molecule has 0 fully saturated rings. The van der Waals surface area contributed by atoms with E-state index < -0.39 is 11.5 Å². The summed E-state index contributed by atoms with van der Waals surface area (Å²) in [7, 11) is 1.51. The monoisotopic (exact) mass is 292 g/mol. The lowest BCUT2D eigenvalue weighted by atomic mass is 10.2. The Morgan fingerprint density at radius 1 is 1.35 bits per heavy atom. The zero-order chi connectivity index (χ0) is 14.7. The van der Waals surface area contributed by atoms with E-state index in [1.807, 2.05) is 13.0 Å². The van der Waals surface area contributed by atoms with Crippen LogP contribution in [-0.2, 0) is 0 Å². The number of hydrogen-bond donors (Lipinski definition) is 2. The number of pyridine rings is 1. The highest BCUT2D eigenvalue weighted by Crippen LogP contribution is 2.25. The van der Waals surface area contributed by atoms with Gasteiger partial charge in [0.05, 0.1) is 17.8 Å². The Bertz CT molecular complexity index is 710. The Balaban J connectivity index is 2.34. The first-order valence-electron chi connectivity index (χ1n) is 5.85. The molecule has 0 saturated carbocycles. The summed E-state index contributed by atoms with van der Waals surface area (Å²) < 4.78 is 5.16. The van der Waals surface area contributed by atoms with Crippen molar-refractivity contribution in [3.05, 3.63) is 57.0 Å². The third-order valence-electron chi connectivity index (χ3n) is 2.72. The second-order valence-electron chi connectivity index (χ2n) is 4.22. The van der Waals surface area contributed by atoms with Crippen LogP contribution in [0.2, 0.25) is 5.02 Å². The summed E-state index contributed by atoms with van der Waals surface area (Å²) in [6, 6.07) is 6.68. The molecule has 0 unspecified atom stereocenters. The minimum Gasteiger partial charge on any atom is -0.495 e. The van der Waals surface area contributed by atoms with Crippen molar-refractivity contribution < 1.29 is 9.53 Å². The average molecular weight is 293 g/mol. The lowest BCUT2D eigenvalue weighted by Crippen LogP contribution is -2.23. The van der Waals surface area contributed by atoms with Crippen molar-refractivity contribution in [2.75, 3.05) is 12.4 Å². The Morgan fingerprint density at radius 3 is 2.80 bits per heavy atom. The van der Waals surface area contributed by atoms with Gasteiger partial charge in [-0.05, 0) is 30.7 Å². The number of H-pyrrole nitrogens is 1. The van der Waals surface area contributed by atoms with E-state index in [1.165, 1.54) is 19.4 Å². The summed E-state index contributed by atoms with van der Waals surface area (Å²) in [6.07, 6.45) is 1.33. The van der Waals surface area contributed by atoms with Gasteiger partial charge in [-0.1, -0.05) is 17.7 Å². The number of methoxy groups -OCH3 is 1. The van der Waals surface area contributed by atoms with Gasteiger partial charge in [-0.25, -0.2) is 0 Å². The molecule has 2 rings (SSSR count). The van der Waals surface area contributed by atoms with Crippen molar-refractivity contribution in [3.8, 4) is 5.75 Å². The third-order valence-corrected chi connectivity index (χ3v) is 2.93. The smallest absolute Gasteiger partial charge is 0.261 e. The molecule has 0 aliphatic heterocycles. The summed E-state index contributed by atoms with van der Waals surface area (Å²) in [6.45, 7) is 1.89. The molecule has 0 radical (unpaired) electrons. The number of aryl methyl sites for hydroxylation is 1. The van der Waals surface area contributed by atoms with E-state index in [2.05, 4.69) is 10.3 Å². The Kier molecular flexibility index (Phi) is 4.10. The number of aromatic amines is 1. The summed E-state index contributed by atoms with van der Waals surface area (Å²) >= 11 is 5.77. The van der Waals surface area contributed by atoms with Crippen LogP contribution in [-0.4, -0.2) is 18.0 Å². The maximum absolute atomic E-state index is 12.1. The number of carbonyl (C=O) groups is 1. The first kappa shape index (κ1) is 14.1. The highest BCUT2D eigenvalue weighted by molar-refractivity contribution is 6.30. The topological polar surface area (TPSA) is 71.2 Å². The number of halogens is 1. The van der Waals surface area contributed by atoms with Crippen molar-refractivity contribution in [3.63, 3.8) is 0 Å². The van der Waals surface area contributed by atoms with Gasteiger partial charge >= 0.3 is 0 Å². The van der Waals surface area contributed by atoms with Gasteiger partial charge in [0.1, 0.15) is 11.3 Å². The maximum Gasteiger partial charge on any atom is 0.261 e. The molecule has 0 atom stereocenters. The molecule has 2 N–H and O–H groups in total. The highest BCUT2D eigenvalue weighted by atomic mass is 35.5. The number of carbonyl (C=O) groups excluding carboxylic acids is 1. The first-order chi connectivity index (χ1) is 9.51. The van der Waals surface area contributed by atoms with Crippen molar-refractivity contribution >= 4 is 23.2 Å². The quantitative estimate of drug-likeness (QED) is 0.913. The number of ether oxygens (including phenoxy) is 1. The standard InChI is InChI=1S/C14H13ClN2O3/c1-8-3-4-12(20-2)11(5-8)17-14(19)10-6-9(15)7-16-13(10)18/h3-7H,1-2H3,(H,16,18)(H,17,19). The number of amides is 1. The van der Waals surface area contributed by atoms with E-state index in [1.54, 1.807) is 12.1 Å². The molecule has 0 aliphatic rings. The van der Waals surface area contributed by atoms with Crippen molar-refractivity contribution in [1.29, 1.82) is 0 Å². The van der Waals surface area contributed by atoms with Crippen LogP contribution in [0.25, 0.3) is 0 Å². The minimum atomic E-state index is -0.544. The van der Waals surface area contributed by atoms with E-state index in [0.717, 1.165) is 5.56 Å². The highest BCUT2D eigenvalue weighted by Gasteiger charge is 2.13. The molecule has 20 heavy (non-hydrogen) atoms. The molecule has 1 aromatic heterocycles. The number of anilines is 1. The normalized spacial score (nSPS) is 10.2. The average Bonchev–Trinajstić information content (AvgIpc) is 2.41. The van der Waals surface area contributed by atoms with Crippen LogP contribution in [0.4, 0.5) is 5.69 Å². The van der Waals surface area contributed by atoms with E-state index in [0.29, 0.717) is 11.4 Å². The fourth-order valence-electron chi connectivity index (χ4n) is 1.74. The molecule has 1 aromatic carbocycles. The van der Waals surface area contributed by atoms with Gasteiger partial charge in [0, 0.05) is 6.20 Å². The number of rotatable bonds is 3. The predicted octanol–water partition coefficient (Wildman–Crippen LogP) is 2.60. The van der Waals surface area contributed by atoms with Crippen LogP contribution in [0.3, 0.4) is 0 Å². The van der Waals surface area contributed by atoms with Gasteiger partial charge in [-0.15, -0.1) is 0 Å². The first-order valence-corrected chi connectivity index (χ1v) is 6.23. The number of hydrogen-bond acceptors (Lipinski definition) is 3. The van der Waals surface area contributed by atoms with Gasteiger partial charge < -0.3 is 15.0 Å². The Hall–Kier alpha value is -2.27. The van der Waals surface area contributed by atoms with Crippen LogP contribution in [0.5, 0.6) is 5.75 Å².